The van der Waals surface area contributed by atoms with E-state index in [0.29, 0.717) is 17.7 Å². The molecule has 0 saturated heterocycles. The standard InChI is InChI=1S/C13H16O4/c1-3-4-11(13(15)16)12(14)9-5-7-10(17-2)8-6-9/h4-8,12,14H,3H2,1-2H3,(H,15,16). The topological polar surface area (TPSA) is 66.8 Å². The monoisotopic (exact) mass is 236 g/mol. The Morgan fingerprint density at radius 3 is 2.41 bits per heavy atom. The molecule has 0 aromatic heterocycles. The predicted molar refractivity (Wildman–Crippen MR) is 64.0 cm³/mol. The molecule has 17 heavy (non-hydrogen) atoms. The number of methoxy groups -OCH3 is 1. The average Bonchev–Trinajstić information content (AvgIpc) is 2.35. The number of hydrogen-bond donors (Lipinski definition) is 2. The molecule has 0 heterocycles. The van der Waals surface area contributed by atoms with E-state index in [1.807, 2.05) is 6.92 Å². The summed E-state index contributed by atoms with van der Waals surface area (Å²) in [6.07, 6.45) is 0.963. The average molecular weight is 236 g/mol. The second-order valence-electron chi connectivity index (χ2n) is 3.55. The van der Waals surface area contributed by atoms with Gasteiger partial charge in [-0.25, -0.2) is 4.79 Å². The third-order valence-electron chi connectivity index (χ3n) is 2.40. The first-order valence-electron chi connectivity index (χ1n) is 5.35. The molecule has 1 unspecified atom stereocenters. The first kappa shape index (κ1) is 13.3. The Balaban J connectivity index is 2.97. The summed E-state index contributed by atoms with van der Waals surface area (Å²) in [5, 5.41) is 18.9. The van der Waals surface area contributed by atoms with Gasteiger partial charge in [0.15, 0.2) is 0 Å². The number of rotatable bonds is 5. The maximum atomic E-state index is 11.0. The van der Waals surface area contributed by atoms with E-state index in [9.17, 15) is 9.90 Å². The highest BCUT2D eigenvalue weighted by atomic mass is 16.5. The van der Waals surface area contributed by atoms with Gasteiger partial charge in [-0.1, -0.05) is 25.1 Å². The van der Waals surface area contributed by atoms with Crippen molar-refractivity contribution in [2.75, 3.05) is 7.11 Å². The number of carbonyl (C=O) groups is 1. The van der Waals surface area contributed by atoms with Gasteiger partial charge in [-0.05, 0) is 24.1 Å². The van der Waals surface area contributed by atoms with Crippen LogP contribution in [0.2, 0.25) is 0 Å². The molecule has 0 aliphatic rings. The lowest BCUT2D eigenvalue weighted by molar-refractivity contribution is -0.133. The molecule has 1 rings (SSSR count). The molecule has 4 nitrogen and oxygen atoms in total. The van der Waals surface area contributed by atoms with Crippen molar-refractivity contribution < 1.29 is 19.7 Å². The predicted octanol–water partition coefficient (Wildman–Crippen LogP) is 2.15. The van der Waals surface area contributed by atoms with Crippen molar-refractivity contribution >= 4 is 5.97 Å². The van der Waals surface area contributed by atoms with Crippen LogP contribution in [0.4, 0.5) is 0 Å². The number of carboxylic acids is 1. The lowest BCUT2D eigenvalue weighted by Gasteiger charge is -2.12. The van der Waals surface area contributed by atoms with Crippen LogP contribution in [0.3, 0.4) is 0 Å². The van der Waals surface area contributed by atoms with E-state index in [4.69, 9.17) is 9.84 Å². The number of carboxylic acid groups (broad SMARTS) is 1. The number of aliphatic hydroxyl groups is 1. The van der Waals surface area contributed by atoms with E-state index in [-0.39, 0.29) is 5.57 Å². The van der Waals surface area contributed by atoms with E-state index < -0.39 is 12.1 Å². The van der Waals surface area contributed by atoms with Gasteiger partial charge in [0.05, 0.1) is 12.7 Å². The highest BCUT2D eigenvalue weighted by Crippen LogP contribution is 2.24. The normalized spacial score (nSPS) is 13.2. The highest BCUT2D eigenvalue weighted by molar-refractivity contribution is 5.88. The highest BCUT2D eigenvalue weighted by Gasteiger charge is 2.19. The summed E-state index contributed by atoms with van der Waals surface area (Å²) < 4.78 is 4.99. The largest absolute Gasteiger partial charge is 0.497 e. The molecule has 0 saturated carbocycles. The first-order chi connectivity index (χ1) is 8.10. The fraction of sp³-hybridized carbons (Fsp3) is 0.308. The summed E-state index contributed by atoms with van der Waals surface area (Å²) in [4.78, 5) is 11.0. The van der Waals surface area contributed by atoms with E-state index >= 15 is 0 Å². The second-order valence-corrected chi connectivity index (χ2v) is 3.55. The van der Waals surface area contributed by atoms with E-state index in [0.717, 1.165) is 0 Å². The van der Waals surface area contributed by atoms with Crippen LogP contribution >= 0.6 is 0 Å². The zero-order chi connectivity index (χ0) is 12.8. The van der Waals surface area contributed by atoms with Crippen molar-refractivity contribution in [3.63, 3.8) is 0 Å². The number of aliphatic hydroxyl groups excluding tert-OH is 1. The van der Waals surface area contributed by atoms with Crippen LogP contribution in [0.5, 0.6) is 5.75 Å². The Kier molecular flexibility index (Phi) is 4.72. The van der Waals surface area contributed by atoms with Gasteiger partial charge in [0, 0.05) is 0 Å². The van der Waals surface area contributed by atoms with Crippen molar-refractivity contribution in [2.45, 2.75) is 19.4 Å². The zero-order valence-corrected chi connectivity index (χ0v) is 9.88. The van der Waals surface area contributed by atoms with Crippen LogP contribution in [0.25, 0.3) is 0 Å². The smallest absolute Gasteiger partial charge is 0.334 e. The Hall–Kier alpha value is -1.81. The Morgan fingerprint density at radius 2 is 2.00 bits per heavy atom. The summed E-state index contributed by atoms with van der Waals surface area (Å²) >= 11 is 0. The second kappa shape index (κ2) is 6.06. The molecule has 0 spiro atoms. The molecule has 0 amide bonds. The van der Waals surface area contributed by atoms with Gasteiger partial charge in [-0.15, -0.1) is 0 Å². The van der Waals surface area contributed by atoms with Crippen LogP contribution in [0.1, 0.15) is 25.0 Å². The van der Waals surface area contributed by atoms with Gasteiger partial charge in [0.1, 0.15) is 11.9 Å². The minimum absolute atomic E-state index is 0.00216. The number of allylic oxidation sites excluding steroid dienone is 1. The SMILES string of the molecule is CCC=C(C(=O)O)C(O)c1ccc(OC)cc1. The molecule has 1 atom stereocenters. The number of aliphatic carboxylic acids is 1. The molecule has 0 aliphatic heterocycles. The van der Waals surface area contributed by atoms with Gasteiger partial charge in [-0.2, -0.15) is 0 Å². The van der Waals surface area contributed by atoms with E-state index in [1.165, 1.54) is 6.08 Å². The quantitative estimate of drug-likeness (QED) is 0.769. The summed E-state index contributed by atoms with van der Waals surface area (Å²) in [5.74, 6) is -0.438. The van der Waals surface area contributed by atoms with Gasteiger partial charge >= 0.3 is 5.97 Å². The molecule has 2 N–H and O–H groups in total. The third kappa shape index (κ3) is 3.32. The van der Waals surface area contributed by atoms with Crippen molar-refractivity contribution in [3.05, 3.63) is 41.5 Å². The maximum Gasteiger partial charge on any atom is 0.334 e. The molecule has 0 aliphatic carbocycles. The summed E-state index contributed by atoms with van der Waals surface area (Å²) in [6, 6.07) is 6.67. The van der Waals surface area contributed by atoms with E-state index in [2.05, 4.69) is 0 Å². The number of hydrogen-bond acceptors (Lipinski definition) is 3. The van der Waals surface area contributed by atoms with Gasteiger partial charge in [-0.3, -0.25) is 0 Å². The van der Waals surface area contributed by atoms with Crippen molar-refractivity contribution in [1.82, 2.24) is 0 Å². The Bertz CT molecular complexity index is 406. The van der Waals surface area contributed by atoms with Crippen LogP contribution in [-0.2, 0) is 4.79 Å². The van der Waals surface area contributed by atoms with Crippen molar-refractivity contribution in [1.29, 1.82) is 0 Å². The molecule has 1 aromatic rings. The lowest BCUT2D eigenvalue weighted by Crippen LogP contribution is -2.10. The van der Waals surface area contributed by atoms with Gasteiger partial charge in [0.2, 0.25) is 0 Å². The fourth-order valence-corrected chi connectivity index (χ4v) is 1.50. The molecular formula is C13H16O4. The van der Waals surface area contributed by atoms with Crippen LogP contribution < -0.4 is 4.74 Å². The molecule has 1 aromatic carbocycles. The summed E-state index contributed by atoms with van der Waals surface area (Å²) in [5.41, 5.74) is 0.533. The molecule has 0 bridgehead atoms. The maximum absolute atomic E-state index is 11.0. The molecule has 92 valence electrons. The molecule has 0 fully saturated rings. The summed E-state index contributed by atoms with van der Waals surface area (Å²) in [7, 11) is 1.55. The fourth-order valence-electron chi connectivity index (χ4n) is 1.50. The van der Waals surface area contributed by atoms with Crippen molar-refractivity contribution in [3.8, 4) is 5.75 Å². The van der Waals surface area contributed by atoms with Gasteiger partial charge < -0.3 is 14.9 Å². The first-order valence-corrected chi connectivity index (χ1v) is 5.35. The minimum atomic E-state index is -1.11. The molecule has 4 heteroatoms. The van der Waals surface area contributed by atoms with Crippen molar-refractivity contribution in [2.24, 2.45) is 0 Å². The van der Waals surface area contributed by atoms with Crippen LogP contribution in [0.15, 0.2) is 35.9 Å². The lowest BCUT2D eigenvalue weighted by atomic mass is 10.0. The minimum Gasteiger partial charge on any atom is -0.497 e. The number of benzene rings is 1. The van der Waals surface area contributed by atoms with Crippen LogP contribution in [-0.4, -0.2) is 23.3 Å². The molecule has 0 radical (unpaired) electrons. The zero-order valence-electron chi connectivity index (χ0n) is 9.88. The van der Waals surface area contributed by atoms with E-state index in [1.54, 1.807) is 31.4 Å². The Labute approximate surface area is 100 Å². The number of ether oxygens (including phenoxy) is 1. The third-order valence-corrected chi connectivity index (χ3v) is 2.40. The van der Waals surface area contributed by atoms with Crippen LogP contribution in [0, 0.1) is 0 Å². The summed E-state index contributed by atoms with van der Waals surface area (Å²) in [6.45, 7) is 1.82. The van der Waals surface area contributed by atoms with Gasteiger partial charge in [0.25, 0.3) is 0 Å². The molecular weight excluding hydrogens is 220 g/mol. The Morgan fingerprint density at radius 1 is 1.41 bits per heavy atom.